The SMILES string of the molecule is c1ccc(-c2ccccc2N(c2ccc(-c3cc4ccc5ccccc5c4c4ccccc34)cc2)c2cc3ccccc3c3ccccc23)cc1. The lowest BCUT2D eigenvalue weighted by molar-refractivity contribution is 1.30. The van der Waals surface area contributed by atoms with Crippen LogP contribution in [0.3, 0.4) is 0 Å². The van der Waals surface area contributed by atoms with Gasteiger partial charge in [0.1, 0.15) is 0 Å². The molecule has 1 heteroatoms. The van der Waals surface area contributed by atoms with Crippen molar-refractivity contribution in [2.75, 3.05) is 4.90 Å². The Morgan fingerprint density at radius 2 is 0.843 bits per heavy atom. The maximum Gasteiger partial charge on any atom is 0.0546 e. The van der Waals surface area contributed by atoms with Gasteiger partial charge in [-0.1, -0.05) is 170 Å². The van der Waals surface area contributed by atoms with E-state index in [1.807, 2.05) is 0 Å². The fourth-order valence-electron chi connectivity index (χ4n) is 8.07. The monoisotopic (exact) mass is 647 g/mol. The summed E-state index contributed by atoms with van der Waals surface area (Å²) in [5, 5.41) is 12.6. The Morgan fingerprint density at radius 3 is 1.65 bits per heavy atom. The molecule has 0 aliphatic carbocycles. The van der Waals surface area contributed by atoms with Crippen LogP contribution >= 0.6 is 0 Å². The molecule has 51 heavy (non-hydrogen) atoms. The number of hydrogen-bond donors (Lipinski definition) is 0. The van der Waals surface area contributed by atoms with Crippen LogP contribution in [-0.2, 0) is 0 Å². The van der Waals surface area contributed by atoms with Crippen molar-refractivity contribution in [2.24, 2.45) is 0 Å². The molecular formula is C50H33N. The first-order valence-electron chi connectivity index (χ1n) is 17.6. The van der Waals surface area contributed by atoms with Crippen molar-refractivity contribution in [3.05, 3.63) is 200 Å². The van der Waals surface area contributed by atoms with Crippen molar-refractivity contribution in [2.45, 2.75) is 0 Å². The van der Waals surface area contributed by atoms with E-state index in [-0.39, 0.29) is 0 Å². The highest BCUT2D eigenvalue weighted by molar-refractivity contribution is 6.23. The summed E-state index contributed by atoms with van der Waals surface area (Å²) in [7, 11) is 0. The molecule has 0 amide bonds. The summed E-state index contributed by atoms with van der Waals surface area (Å²) in [5.74, 6) is 0. The number of rotatable bonds is 5. The Morgan fingerprint density at radius 1 is 0.275 bits per heavy atom. The fraction of sp³-hybridized carbons (Fsp3) is 0. The van der Waals surface area contributed by atoms with Crippen LogP contribution < -0.4 is 4.90 Å². The normalized spacial score (nSPS) is 11.5. The van der Waals surface area contributed by atoms with Crippen molar-refractivity contribution in [1.82, 2.24) is 0 Å². The fourth-order valence-corrected chi connectivity index (χ4v) is 8.07. The maximum atomic E-state index is 2.45. The van der Waals surface area contributed by atoms with Gasteiger partial charge in [0.15, 0.2) is 0 Å². The van der Waals surface area contributed by atoms with Crippen molar-refractivity contribution < 1.29 is 0 Å². The van der Waals surface area contributed by atoms with Crippen LogP contribution in [0.15, 0.2) is 200 Å². The van der Waals surface area contributed by atoms with Crippen LogP contribution in [-0.4, -0.2) is 0 Å². The van der Waals surface area contributed by atoms with Crippen molar-refractivity contribution in [1.29, 1.82) is 0 Å². The van der Waals surface area contributed by atoms with Crippen LogP contribution in [0, 0.1) is 0 Å². The zero-order valence-electron chi connectivity index (χ0n) is 28.0. The summed E-state index contributed by atoms with van der Waals surface area (Å²) in [5.41, 5.74) is 8.22. The molecule has 10 rings (SSSR count). The van der Waals surface area contributed by atoms with E-state index in [0.29, 0.717) is 0 Å². The van der Waals surface area contributed by atoms with Gasteiger partial charge >= 0.3 is 0 Å². The Kier molecular flexibility index (Phi) is 6.89. The van der Waals surface area contributed by atoms with E-state index >= 15 is 0 Å². The average Bonchev–Trinajstić information content (AvgIpc) is 3.21. The highest BCUT2D eigenvalue weighted by Crippen LogP contribution is 2.46. The van der Waals surface area contributed by atoms with Gasteiger partial charge in [-0.15, -0.1) is 0 Å². The predicted molar refractivity (Wildman–Crippen MR) is 220 cm³/mol. The highest BCUT2D eigenvalue weighted by atomic mass is 15.1. The Hall–Kier alpha value is -6.70. The topological polar surface area (TPSA) is 3.24 Å². The Bertz CT molecular complexity index is 2900. The second kappa shape index (κ2) is 12.0. The van der Waals surface area contributed by atoms with E-state index in [1.165, 1.54) is 76.1 Å². The summed E-state index contributed by atoms with van der Waals surface area (Å²) in [6, 6.07) is 73.0. The van der Waals surface area contributed by atoms with Crippen molar-refractivity contribution in [3.8, 4) is 22.3 Å². The second-order valence-corrected chi connectivity index (χ2v) is 13.3. The summed E-state index contributed by atoms with van der Waals surface area (Å²) in [6.07, 6.45) is 0. The molecule has 10 aromatic rings. The standard InChI is InChI=1S/C50H33N/c1-2-14-34(15-3-1)41-19-12-13-25-48(41)51(49-33-37-17-5-6-18-40(37)43-21-8-10-23-45(43)49)39-30-28-36(29-31-39)47-32-38-27-26-35-16-4-7-20-42(35)50(38)46-24-11-9-22-44(46)47/h1-33H. The number of hydrogen-bond acceptors (Lipinski definition) is 1. The molecule has 0 aromatic heterocycles. The predicted octanol–water partition coefficient (Wildman–Crippen LogP) is 14.3. The van der Waals surface area contributed by atoms with E-state index in [0.717, 1.165) is 17.1 Å². The van der Waals surface area contributed by atoms with Gasteiger partial charge in [-0.05, 0) is 95.5 Å². The van der Waals surface area contributed by atoms with Gasteiger partial charge in [0.05, 0.1) is 11.4 Å². The molecule has 0 saturated carbocycles. The largest absolute Gasteiger partial charge is 0.309 e. The van der Waals surface area contributed by atoms with Crippen LogP contribution in [0.25, 0.3) is 76.1 Å². The molecule has 0 atom stereocenters. The molecule has 0 N–H and O–H groups in total. The third-order valence-corrected chi connectivity index (χ3v) is 10.4. The molecular weight excluding hydrogens is 615 g/mol. The van der Waals surface area contributed by atoms with Gasteiger partial charge in [0, 0.05) is 16.6 Å². The van der Waals surface area contributed by atoms with Crippen LogP contribution in [0.2, 0.25) is 0 Å². The summed E-state index contributed by atoms with van der Waals surface area (Å²) >= 11 is 0. The minimum absolute atomic E-state index is 1.11. The minimum atomic E-state index is 1.11. The number of anilines is 3. The molecule has 0 saturated heterocycles. The number of benzene rings is 10. The van der Waals surface area contributed by atoms with Gasteiger partial charge in [-0.3, -0.25) is 0 Å². The van der Waals surface area contributed by atoms with E-state index in [9.17, 15) is 0 Å². The second-order valence-electron chi connectivity index (χ2n) is 13.3. The summed E-state index contributed by atoms with van der Waals surface area (Å²) in [6.45, 7) is 0. The van der Waals surface area contributed by atoms with Crippen LogP contribution in [0.1, 0.15) is 0 Å². The van der Waals surface area contributed by atoms with E-state index in [2.05, 4.69) is 205 Å². The smallest absolute Gasteiger partial charge is 0.0546 e. The third-order valence-electron chi connectivity index (χ3n) is 10.4. The molecule has 0 heterocycles. The number of fused-ring (bicyclic) bond motifs is 8. The van der Waals surface area contributed by atoms with Crippen molar-refractivity contribution >= 4 is 70.9 Å². The highest BCUT2D eigenvalue weighted by Gasteiger charge is 2.21. The summed E-state index contributed by atoms with van der Waals surface area (Å²) < 4.78 is 0. The van der Waals surface area contributed by atoms with Gasteiger partial charge in [-0.2, -0.15) is 0 Å². The minimum Gasteiger partial charge on any atom is -0.309 e. The van der Waals surface area contributed by atoms with Gasteiger partial charge in [-0.25, -0.2) is 0 Å². The van der Waals surface area contributed by atoms with E-state index in [4.69, 9.17) is 0 Å². The molecule has 0 aliphatic rings. The summed E-state index contributed by atoms with van der Waals surface area (Å²) in [4.78, 5) is 2.45. The van der Waals surface area contributed by atoms with Crippen LogP contribution in [0.5, 0.6) is 0 Å². The first kappa shape index (κ1) is 29.2. The maximum absolute atomic E-state index is 2.45. The zero-order chi connectivity index (χ0) is 33.7. The molecule has 0 radical (unpaired) electrons. The van der Waals surface area contributed by atoms with Gasteiger partial charge in [0.2, 0.25) is 0 Å². The molecule has 1 nitrogen and oxygen atoms in total. The molecule has 10 aromatic carbocycles. The Labute approximate surface area is 297 Å². The lowest BCUT2D eigenvalue weighted by Gasteiger charge is -2.30. The zero-order valence-corrected chi connectivity index (χ0v) is 28.0. The quantitative estimate of drug-likeness (QED) is 0.168. The molecule has 0 aliphatic heterocycles. The van der Waals surface area contributed by atoms with Gasteiger partial charge in [0.25, 0.3) is 0 Å². The molecule has 0 fully saturated rings. The number of nitrogens with zero attached hydrogens (tertiary/aromatic N) is 1. The third kappa shape index (κ3) is 4.86. The first-order valence-corrected chi connectivity index (χ1v) is 17.6. The molecule has 0 bridgehead atoms. The first-order chi connectivity index (χ1) is 25.3. The van der Waals surface area contributed by atoms with Crippen LogP contribution in [0.4, 0.5) is 17.1 Å². The lowest BCUT2D eigenvalue weighted by atomic mass is 9.90. The Balaban J connectivity index is 1.20. The number of para-hydroxylation sites is 1. The molecule has 238 valence electrons. The van der Waals surface area contributed by atoms with E-state index < -0.39 is 0 Å². The lowest BCUT2D eigenvalue weighted by Crippen LogP contribution is -2.12. The van der Waals surface area contributed by atoms with Crippen molar-refractivity contribution in [3.63, 3.8) is 0 Å². The van der Waals surface area contributed by atoms with Gasteiger partial charge < -0.3 is 4.90 Å². The molecule has 0 spiro atoms. The average molecular weight is 648 g/mol. The molecule has 0 unspecified atom stereocenters. The van der Waals surface area contributed by atoms with E-state index in [1.54, 1.807) is 0 Å².